The number of halogens is 1. The average Bonchev–Trinajstić information content (AvgIpc) is 3.28. The molecule has 1 amide bonds. The van der Waals surface area contributed by atoms with Crippen molar-refractivity contribution in [1.29, 1.82) is 0 Å². The van der Waals surface area contributed by atoms with E-state index in [9.17, 15) is 14.7 Å². The molecule has 0 saturated heterocycles. The van der Waals surface area contributed by atoms with E-state index in [0.717, 1.165) is 23.0 Å². The maximum atomic E-state index is 12.4. The fourth-order valence-electron chi connectivity index (χ4n) is 2.50. The van der Waals surface area contributed by atoms with Gasteiger partial charge in [-0.15, -0.1) is 0 Å². The molecular formula is C16H16BrN3O3. The Bertz CT molecular complexity index is 750. The first-order chi connectivity index (χ1) is 11.0. The number of carbonyl (C=O) groups is 2. The first-order valence-electron chi connectivity index (χ1n) is 7.31. The molecule has 120 valence electrons. The molecule has 1 saturated carbocycles. The van der Waals surface area contributed by atoms with E-state index in [1.165, 1.54) is 6.20 Å². The zero-order valence-electron chi connectivity index (χ0n) is 12.5. The summed E-state index contributed by atoms with van der Waals surface area (Å²) in [6, 6.07) is 6.73. The lowest BCUT2D eigenvalue weighted by molar-refractivity contribution is -0.139. The van der Waals surface area contributed by atoms with Crippen LogP contribution in [-0.4, -0.2) is 32.8 Å². The van der Waals surface area contributed by atoms with Gasteiger partial charge in [-0.05, 0) is 49.9 Å². The van der Waals surface area contributed by atoms with Crippen molar-refractivity contribution in [2.24, 2.45) is 5.92 Å². The first kappa shape index (κ1) is 15.7. The predicted octanol–water partition coefficient (Wildman–Crippen LogP) is 2.54. The van der Waals surface area contributed by atoms with Crippen molar-refractivity contribution in [2.45, 2.75) is 25.8 Å². The Morgan fingerprint density at radius 2 is 2.00 bits per heavy atom. The largest absolute Gasteiger partial charge is 0.480 e. The molecule has 1 aromatic carbocycles. The van der Waals surface area contributed by atoms with Crippen molar-refractivity contribution in [3.63, 3.8) is 0 Å². The number of aromatic nitrogens is 2. The Morgan fingerprint density at radius 3 is 2.57 bits per heavy atom. The topological polar surface area (TPSA) is 84.2 Å². The second-order valence-corrected chi connectivity index (χ2v) is 6.57. The summed E-state index contributed by atoms with van der Waals surface area (Å²) in [5, 5.41) is 16.1. The minimum absolute atomic E-state index is 0.0401. The monoisotopic (exact) mass is 377 g/mol. The maximum absolute atomic E-state index is 12.4. The third-order valence-corrected chi connectivity index (χ3v) is 4.50. The zero-order valence-corrected chi connectivity index (χ0v) is 14.1. The van der Waals surface area contributed by atoms with Crippen molar-refractivity contribution in [1.82, 2.24) is 15.1 Å². The lowest BCUT2D eigenvalue weighted by Crippen LogP contribution is -2.42. The smallest absolute Gasteiger partial charge is 0.326 e. The van der Waals surface area contributed by atoms with E-state index in [0.29, 0.717) is 11.3 Å². The zero-order chi connectivity index (χ0) is 16.6. The van der Waals surface area contributed by atoms with Crippen molar-refractivity contribution < 1.29 is 14.7 Å². The molecule has 1 aliphatic carbocycles. The van der Waals surface area contributed by atoms with Gasteiger partial charge in [0.15, 0.2) is 0 Å². The van der Waals surface area contributed by atoms with Crippen LogP contribution in [0.5, 0.6) is 0 Å². The number of nitrogens with zero attached hydrogens (tertiary/aromatic N) is 2. The molecule has 1 atom stereocenters. The van der Waals surface area contributed by atoms with Gasteiger partial charge in [0.1, 0.15) is 6.04 Å². The number of carboxylic acids is 1. The van der Waals surface area contributed by atoms with Crippen molar-refractivity contribution >= 4 is 27.8 Å². The summed E-state index contributed by atoms with van der Waals surface area (Å²) < 4.78 is 2.62. The molecule has 7 heteroatoms. The van der Waals surface area contributed by atoms with Crippen LogP contribution in [0.15, 0.2) is 34.9 Å². The molecule has 1 aromatic heterocycles. The fraction of sp³-hybridized carbons (Fsp3) is 0.312. The van der Waals surface area contributed by atoms with E-state index < -0.39 is 17.9 Å². The molecular weight excluding hydrogens is 362 g/mol. The van der Waals surface area contributed by atoms with Gasteiger partial charge in [-0.1, -0.05) is 15.9 Å². The van der Waals surface area contributed by atoms with Crippen molar-refractivity contribution in [3.8, 4) is 5.69 Å². The molecule has 6 nitrogen and oxygen atoms in total. The molecule has 2 N–H and O–H groups in total. The Kier molecular flexibility index (Phi) is 4.21. The van der Waals surface area contributed by atoms with Crippen LogP contribution in [0.3, 0.4) is 0 Å². The second kappa shape index (κ2) is 6.16. The number of hydrogen-bond acceptors (Lipinski definition) is 3. The predicted molar refractivity (Wildman–Crippen MR) is 87.6 cm³/mol. The number of aliphatic carboxylic acids is 1. The van der Waals surface area contributed by atoms with Gasteiger partial charge in [-0.25, -0.2) is 9.48 Å². The van der Waals surface area contributed by atoms with E-state index in [2.05, 4.69) is 26.3 Å². The number of carboxylic acid groups (broad SMARTS) is 1. The number of nitrogens with one attached hydrogen (secondary N) is 1. The Labute approximate surface area is 141 Å². The van der Waals surface area contributed by atoms with Crippen LogP contribution in [0.2, 0.25) is 0 Å². The van der Waals surface area contributed by atoms with Gasteiger partial charge in [0.05, 0.1) is 23.1 Å². The van der Waals surface area contributed by atoms with Crippen LogP contribution >= 0.6 is 15.9 Å². The highest BCUT2D eigenvalue weighted by atomic mass is 79.9. The van der Waals surface area contributed by atoms with E-state index in [1.54, 1.807) is 11.6 Å². The first-order valence-corrected chi connectivity index (χ1v) is 8.11. The molecule has 0 aliphatic heterocycles. The number of amides is 1. The molecule has 23 heavy (non-hydrogen) atoms. The minimum atomic E-state index is -0.987. The molecule has 0 bridgehead atoms. The summed E-state index contributed by atoms with van der Waals surface area (Å²) in [5.41, 5.74) is 1.89. The van der Waals surface area contributed by atoms with Crippen LogP contribution in [-0.2, 0) is 4.79 Å². The van der Waals surface area contributed by atoms with Crippen LogP contribution in [0.25, 0.3) is 5.69 Å². The Morgan fingerprint density at radius 1 is 1.35 bits per heavy atom. The number of benzene rings is 1. The Hall–Kier alpha value is -2.15. The van der Waals surface area contributed by atoms with Crippen LogP contribution in [0.1, 0.15) is 28.9 Å². The molecule has 2 aromatic rings. The minimum Gasteiger partial charge on any atom is -0.480 e. The van der Waals surface area contributed by atoms with Crippen LogP contribution in [0.4, 0.5) is 0 Å². The summed E-state index contributed by atoms with van der Waals surface area (Å²) in [6.07, 6.45) is 3.15. The molecule has 1 unspecified atom stereocenters. The number of hydrogen-bond donors (Lipinski definition) is 2. The third-order valence-electron chi connectivity index (χ3n) is 3.97. The number of rotatable bonds is 5. The van der Waals surface area contributed by atoms with Crippen LogP contribution < -0.4 is 5.32 Å². The maximum Gasteiger partial charge on any atom is 0.326 e. The average molecular weight is 378 g/mol. The lowest BCUT2D eigenvalue weighted by Gasteiger charge is -2.13. The van der Waals surface area contributed by atoms with Gasteiger partial charge in [0.25, 0.3) is 5.91 Å². The summed E-state index contributed by atoms with van der Waals surface area (Å²) in [7, 11) is 0. The molecule has 1 aliphatic rings. The summed E-state index contributed by atoms with van der Waals surface area (Å²) in [5.74, 6) is -1.35. The second-order valence-electron chi connectivity index (χ2n) is 5.66. The van der Waals surface area contributed by atoms with Crippen molar-refractivity contribution in [3.05, 3.63) is 46.2 Å². The summed E-state index contributed by atoms with van der Waals surface area (Å²) >= 11 is 3.38. The summed E-state index contributed by atoms with van der Waals surface area (Å²) in [6.45, 7) is 1.79. The van der Waals surface area contributed by atoms with Gasteiger partial charge >= 0.3 is 5.97 Å². The van der Waals surface area contributed by atoms with E-state index in [4.69, 9.17) is 0 Å². The quantitative estimate of drug-likeness (QED) is 0.838. The normalized spacial score (nSPS) is 15.2. The molecule has 0 spiro atoms. The highest BCUT2D eigenvalue weighted by molar-refractivity contribution is 9.10. The number of carbonyl (C=O) groups excluding carboxylic acids is 1. The van der Waals surface area contributed by atoms with Gasteiger partial charge in [0, 0.05) is 4.47 Å². The highest BCUT2D eigenvalue weighted by Crippen LogP contribution is 2.33. The molecule has 1 heterocycles. The van der Waals surface area contributed by atoms with Gasteiger partial charge in [-0.3, -0.25) is 4.79 Å². The van der Waals surface area contributed by atoms with Crippen LogP contribution in [0, 0.1) is 12.8 Å². The van der Waals surface area contributed by atoms with E-state index in [1.807, 2.05) is 24.3 Å². The fourth-order valence-corrected chi connectivity index (χ4v) is 2.77. The SMILES string of the molecule is Cc1c(C(=O)NC(C(=O)O)C2CC2)cnn1-c1ccc(Br)cc1. The van der Waals surface area contributed by atoms with Gasteiger partial charge in [0.2, 0.25) is 0 Å². The summed E-state index contributed by atoms with van der Waals surface area (Å²) in [4.78, 5) is 23.6. The standard InChI is InChI=1S/C16H16BrN3O3/c1-9-13(15(21)19-14(16(22)23)10-2-3-10)8-18-20(9)12-6-4-11(17)5-7-12/h4-8,10,14H,2-3H2,1H3,(H,19,21)(H,22,23). The lowest BCUT2D eigenvalue weighted by atomic mass is 10.1. The molecule has 1 fully saturated rings. The Balaban J connectivity index is 1.82. The molecule has 3 rings (SSSR count). The van der Waals surface area contributed by atoms with E-state index >= 15 is 0 Å². The van der Waals surface area contributed by atoms with Crippen molar-refractivity contribution in [2.75, 3.05) is 0 Å². The molecule has 0 radical (unpaired) electrons. The van der Waals surface area contributed by atoms with Gasteiger partial charge < -0.3 is 10.4 Å². The third kappa shape index (κ3) is 3.29. The highest BCUT2D eigenvalue weighted by Gasteiger charge is 2.37. The van der Waals surface area contributed by atoms with E-state index in [-0.39, 0.29) is 5.92 Å². The van der Waals surface area contributed by atoms with Gasteiger partial charge in [-0.2, -0.15) is 5.10 Å².